The molecule has 0 aliphatic rings. The number of benzene rings is 2. The fourth-order valence-electron chi connectivity index (χ4n) is 3.67. The summed E-state index contributed by atoms with van der Waals surface area (Å²) in [5, 5.41) is 0. The lowest BCUT2D eigenvalue weighted by Crippen LogP contribution is -2.19. The molecule has 0 bridgehead atoms. The highest BCUT2D eigenvalue weighted by atomic mass is 15.1. The fourth-order valence-corrected chi connectivity index (χ4v) is 3.67. The van der Waals surface area contributed by atoms with Crippen molar-refractivity contribution in [1.82, 2.24) is 9.55 Å². The van der Waals surface area contributed by atoms with Gasteiger partial charge >= 0.3 is 0 Å². The standard InChI is InChI=1S/C23H28N2/c1-2-3-6-15-23(25-17-16-24-19-25)22(21-13-9-5-10-14-21)18-20-11-7-4-8-12-20/h4-5,7-14,16-17,19,22-23H,2-3,6,15,18H2,1H3. The van der Waals surface area contributed by atoms with E-state index in [0.29, 0.717) is 12.0 Å². The molecule has 2 nitrogen and oxygen atoms in total. The summed E-state index contributed by atoms with van der Waals surface area (Å²) in [4.78, 5) is 4.32. The van der Waals surface area contributed by atoms with Crippen molar-refractivity contribution in [3.63, 3.8) is 0 Å². The molecule has 0 aliphatic heterocycles. The van der Waals surface area contributed by atoms with Crippen molar-refractivity contribution >= 4 is 0 Å². The van der Waals surface area contributed by atoms with E-state index in [0.717, 1.165) is 6.42 Å². The summed E-state index contributed by atoms with van der Waals surface area (Å²) >= 11 is 0. The molecule has 1 aromatic heterocycles. The van der Waals surface area contributed by atoms with Crippen molar-refractivity contribution in [2.24, 2.45) is 0 Å². The van der Waals surface area contributed by atoms with Crippen molar-refractivity contribution in [3.05, 3.63) is 90.5 Å². The minimum atomic E-state index is 0.441. The van der Waals surface area contributed by atoms with Gasteiger partial charge in [-0.15, -0.1) is 0 Å². The molecule has 25 heavy (non-hydrogen) atoms. The Kier molecular flexibility index (Phi) is 6.44. The van der Waals surface area contributed by atoms with Gasteiger partial charge in [0.25, 0.3) is 0 Å². The van der Waals surface area contributed by atoms with E-state index < -0.39 is 0 Å². The first kappa shape index (κ1) is 17.5. The number of unbranched alkanes of at least 4 members (excludes halogenated alkanes) is 2. The number of nitrogens with zero attached hydrogens (tertiary/aromatic N) is 2. The minimum Gasteiger partial charge on any atom is -0.334 e. The number of hydrogen-bond acceptors (Lipinski definition) is 1. The number of imidazole rings is 1. The molecule has 0 saturated heterocycles. The van der Waals surface area contributed by atoms with Crippen molar-refractivity contribution in [2.75, 3.05) is 0 Å². The van der Waals surface area contributed by atoms with Crippen LogP contribution in [0.1, 0.15) is 55.7 Å². The molecule has 0 fully saturated rings. The van der Waals surface area contributed by atoms with E-state index in [4.69, 9.17) is 0 Å². The summed E-state index contributed by atoms with van der Waals surface area (Å²) in [6.45, 7) is 2.27. The highest BCUT2D eigenvalue weighted by Crippen LogP contribution is 2.35. The molecule has 1 heterocycles. The van der Waals surface area contributed by atoms with Gasteiger partial charge in [-0.05, 0) is 24.0 Å². The SMILES string of the molecule is CCCCCC(C(Cc1ccccc1)c1ccccc1)n1ccnc1. The van der Waals surface area contributed by atoms with Gasteiger partial charge in [-0.1, -0.05) is 86.8 Å². The summed E-state index contributed by atoms with van der Waals surface area (Å²) in [6, 6.07) is 22.3. The molecule has 2 atom stereocenters. The average Bonchev–Trinajstić information content (AvgIpc) is 3.20. The van der Waals surface area contributed by atoms with Crippen molar-refractivity contribution in [1.29, 1.82) is 0 Å². The molecule has 2 unspecified atom stereocenters. The van der Waals surface area contributed by atoms with Crippen LogP contribution in [0, 0.1) is 0 Å². The summed E-state index contributed by atoms with van der Waals surface area (Å²) in [7, 11) is 0. The molecule has 3 aromatic rings. The van der Waals surface area contributed by atoms with Gasteiger partial charge in [-0.3, -0.25) is 0 Å². The predicted octanol–water partition coefficient (Wildman–Crippen LogP) is 6.03. The van der Waals surface area contributed by atoms with Crippen LogP contribution in [-0.2, 0) is 6.42 Å². The molecule has 0 aliphatic carbocycles. The molecule has 130 valence electrons. The van der Waals surface area contributed by atoms with Crippen LogP contribution in [0.15, 0.2) is 79.4 Å². The molecule has 0 saturated carbocycles. The Morgan fingerprint density at radius 2 is 1.64 bits per heavy atom. The fraction of sp³-hybridized carbons (Fsp3) is 0.348. The van der Waals surface area contributed by atoms with E-state index >= 15 is 0 Å². The Hall–Kier alpha value is -2.35. The Bertz CT molecular complexity index is 704. The molecule has 2 aromatic carbocycles. The van der Waals surface area contributed by atoms with Crippen LogP contribution in [0.5, 0.6) is 0 Å². The van der Waals surface area contributed by atoms with Crippen molar-refractivity contribution < 1.29 is 0 Å². The topological polar surface area (TPSA) is 17.8 Å². The molecular weight excluding hydrogens is 304 g/mol. The third kappa shape index (κ3) is 4.82. The zero-order chi connectivity index (χ0) is 17.3. The second-order valence-electron chi connectivity index (χ2n) is 6.78. The van der Waals surface area contributed by atoms with Gasteiger partial charge in [-0.2, -0.15) is 0 Å². The molecule has 3 rings (SSSR count). The van der Waals surface area contributed by atoms with Crippen LogP contribution in [0.25, 0.3) is 0 Å². The van der Waals surface area contributed by atoms with Gasteiger partial charge < -0.3 is 4.57 Å². The molecule has 0 amide bonds. The van der Waals surface area contributed by atoms with Crippen molar-refractivity contribution in [3.8, 4) is 0 Å². The lowest BCUT2D eigenvalue weighted by Gasteiger charge is -2.29. The van der Waals surface area contributed by atoms with Gasteiger partial charge in [0.15, 0.2) is 0 Å². The van der Waals surface area contributed by atoms with E-state index in [2.05, 4.69) is 83.3 Å². The first-order valence-corrected chi connectivity index (χ1v) is 9.44. The third-order valence-electron chi connectivity index (χ3n) is 5.00. The molecule has 0 N–H and O–H groups in total. The van der Waals surface area contributed by atoms with Crippen LogP contribution in [0.4, 0.5) is 0 Å². The van der Waals surface area contributed by atoms with E-state index in [1.807, 2.05) is 12.5 Å². The lowest BCUT2D eigenvalue weighted by molar-refractivity contribution is 0.368. The molecule has 2 heteroatoms. The average molecular weight is 332 g/mol. The summed E-state index contributed by atoms with van der Waals surface area (Å²) in [5.41, 5.74) is 2.82. The number of rotatable bonds is 9. The minimum absolute atomic E-state index is 0.441. The second kappa shape index (κ2) is 9.22. The van der Waals surface area contributed by atoms with Crippen LogP contribution in [-0.4, -0.2) is 9.55 Å². The molecular formula is C23H28N2. The smallest absolute Gasteiger partial charge is 0.0948 e. The predicted molar refractivity (Wildman–Crippen MR) is 105 cm³/mol. The number of hydrogen-bond donors (Lipinski definition) is 0. The quantitative estimate of drug-likeness (QED) is 0.437. The van der Waals surface area contributed by atoms with Gasteiger partial charge in [0.2, 0.25) is 0 Å². The first-order chi connectivity index (χ1) is 12.4. The third-order valence-corrected chi connectivity index (χ3v) is 5.00. The summed E-state index contributed by atoms with van der Waals surface area (Å²) in [5.74, 6) is 0.453. The Balaban J connectivity index is 1.91. The molecule has 0 radical (unpaired) electrons. The Morgan fingerprint density at radius 1 is 0.920 bits per heavy atom. The maximum absolute atomic E-state index is 4.32. The van der Waals surface area contributed by atoms with E-state index in [-0.39, 0.29) is 0 Å². The monoisotopic (exact) mass is 332 g/mol. The van der Waals surface area contributed by atoms with Gasteiger partial charge in [0.1, 0.15) is 0 Å². The van der Waals surface area contributed by atoms with Crippen LogP contribution in [0.2, 0.25) is 0 Å². The maximum atomic E-state index is 4.32. The van der Waals surface area contributed by atoms with Gasteiger partial charge in [0, 0.05) is 24.4 Å². The summed E-state index contributed by atoms with van der Waals surface area (Å²) in [6.07, 6.45) is 12.1. The normalized spacial score (nSPS) is 13.5. The summed E-state index contributed by atoms with van der Waals surface area (Å²) < 4.78 is 2.32. The van der Waals surface area contributed by atoms with Gasteiger partial charge in [0.05, 0.1) is 6.33 Å². The largest absolute Gasteiger partial charge is 0.334 e. The lowest BCUT2D eigenvalue weighted by atomic mass is 9.83. The zero-order valence-corrected chi connectivity index (χ0v) is 15.1. The van der Waals surface area contributed by atoms with E-state index in [1.54, 1.807) is 0 Å². The highest BCUT2D eigenvalue weighted by molar-refractivity contribution is 5.25. The first-order valence-electron chi connectivity index (χ1n) is 9.44. The second-order valence-corrected chi connectivity index (χ2v) is 6.78. The highest BCUT2D eigenvalue weighted by Gasteiger charge is 2.24. The maximum Gasteiger partial charge on any atom is 0.0948 e. The van der Waals surface area contributed by atoms with Crippen LogP contribution in [0.3, 0.4) is 0 Å². The Morgan fingerprint density at radius 3 is 2.28 bits per heavy atom. The van der Waals surface area contributed by atoms with E-state index in [1.165, 1.54) is 36.8 Å². The van der Waals surface area contributed by atoms with E-state index in [9.17, 15) is 0 Å². The Labute approximate surface area is 151 Å². The zero-order valence-electron chi connectivity index (χ0n) is 15.1. The van der Waals surface area contributed by atoms with Crippen LogP contribution < -0.4 is 0 Å². The van der Waals surface area contributed by atoms with Gasteiger partial charge in [-0.25, -0.2) is 4.98 Å². The molecule has 0 spiro atoms. The van der Waals surface area contributed by atoms with Crippen molar-refractivity contribution in [2.45, 2.75) is 51.0 Å². The van der Waals surface area contributed by atoms with Crippen LogP contribution >= 0.6 is 0 Å². The number of aromatic nitrogens is 2.